The van der Waals surface area contributed by atoms with Crippen LogP contribution in [0.5, 0.6) is 0 Å². The summed E-state index contributed by atoms with van der Waals surface area (Å²) in [6, 6.07) is 8.20. The van der Waals surface area contributed by atoms with Crippen LogP contribution in [0.25, 0.3) is 10.1 Å². The van der Waals surface area contributed by atoms with Gasteiger partial charge in [-0.3, -0.25) is 20.5 Å². The summed E-state index contributed by atoms with van der Waals surface area (Å²) < 4.78 is 27.1. The molecule has 1 amide bonds. The normalized spacial score (nSPS) is 16.8. The van der Waals surface area contributed by atoms with Crippen molar-refractivity contribution in [3.05, 3.63) is 58.4 Å². The van der Waals surface area contributed by atoms with Crippen LogP contribution in [-0.2, 0) is 21.2 Å². The molecule has 1 aromatic carbocycles. The highest BCUT2D eigenvalue weighted by Crippen LogP contribution is 2.36. The SMILES string of the molecule is Cc1c(S(=O)(=O)CN[C@H]2CCN(Cc3ccnc(C(=N)N)c3)C2=O)sc2ccc(Cl)cc12. The number of carbonyl (C=O) groups is 1. The van der Waals surface area contributed by atoms with E-state index in [9.17, 15) is 13.2 Å². The third kappa shape index (κ3) is 4.49. The Morgan fingerprint density at radius 2 is 2.16 bits per heavy atom. The van der Waals surface area contributed by atoms with Crippen LogP contribution < -0.4 is 11.1 Å². The largest absolute Gasteiger partial charge is 0.382 e. The van der Waals surface area contributed by atoms with Crippen LogP contribution in [0, 0.1) is 12.3 Å². The first-order chi connectivity index (χ1) is 15.2. The van der Waals surface area contributed by atoms with Gasteiger partial charge in [-0.15, -0.1) is 11.3 Å². The van der Waals surface area contributed by atoms with Crippen LogP contribution in [0.15, 0.2) is 40.7 Å². The minimum atomic E-state index is -3.62. The number of pyridine rings is 1. The lowest BCUT2D eigenvalue weighted by Crippen LogP contribution is -2.40. The van der Waals surface area contributed by atoms with E-state index in [0.29, 0.717) is 35.8 Å². The molecule has 0 bridgehead atoms. The van der Waals surface area contributed by atoms with Gasteiger partial charge >= 0.3 is 0 Å². The fourth-order valence-corrected chi connectivity index (χ4v) is 6.94. The summed E-state index contributed by atoms with van der Waals surface area (Å²) in [6.45, 7) is 2.63. The molecule has 2 aromatic heterocycles. The number of nitrogens with zero attached hydrogens (tertiary/aromatic N) is 2. The van der Waals surface area contributed by atoms with Gasteiger partial charge in [-0.1, -0.05) is 11.6 Å². The predicted octanol–water partition coefficient (Wildman–Crippen LogP) is 2.66. The maximum atomic E-state index is 13.0. The molecule has 3 heterocycles. The van der Waals surface area contributed by atoms with Crippen molar-refractivity contribution in [3.8, 4) is 0 Å². The summed E-state index contributed by atoms with van der Waals surface area (Å²) in [5.74, 6) is -0.605. The molecule has 4 N–H and O–H groups in total. The van der Waals surface area contributed by atoms with E-state index in [0.717, 1.165) is 15.6 Å². The smallest absolute Gasteiger partial charge is 0.240 e. The topological polar surface area (TPSA) is 129 Å². The maximum Gasteiger partial charge on any atom is 0.240 e. The van der Waals surface area contributed by atoms with Gasteiger partial charge in [-0.2, -0.15) is 0 Å². The fraction of sp³-hybridized carbons (Fsp3) is 0.286. The second-order valence-electron chi connectivity index (χ2n) is 7.68. The molecule has 0 radical (unpaired) electrons. The first kappa shape index (κ1) is 22.7. The molecule has 0 unspecified atom stereocenters. The molecule has 1 aliphatic heterocycles. The number of halogens is 1. The minimum absolute atomic E-state index is 0.136. The summed E-state index contributed by atoms with van der Waals surface area (Å²) in [5.41, 5.74) is 7.32. The molecule has 1 saturated heterocycles. The van der Waals surface area contributed by atoms with Gasteiger partial charge in [0, 0.05) is 29.0 Å². The monoisotopic (exact) mass is 491 g/mol. The summed E-state index contributed by atoms with van der Waals surface area (Å²) in [4.78, 5) is 18.5. The standard InChI is InChI=1S/C21H22ClN5O3S2/c1-12-15-9-14(22)2-3-18(15)31-21(12)32(29,30)11-26-16-5-7-27(20(16)28)10-13-4-6-25-17(8-13)19(23)24/h2-4,6,8-9,16,26H,5,7,10-11H2,1H3,(H3,23,24)/t16-/m0/s1. The lowest BCUT2D eigenvalue weighted by molar-refractivity contribution is -0.129. The van der Waals surface area contributed by atoms with Gasteiger partial charge in [0.25, 0.3) is 0 Å². The number of aryl methyl sites for hydroxylation is 1. The maximum absolute atomic E-state index is 13.0. The Morgan fingerprint density at radius 3 is 2.91 bits per heavy atom. The Hall–Kier alpha value is -2.53. The number of rotatable bonds is 7. The second kappa shape index (κ2) is 8.78. The third-order valence-corrected chi connectivity index (χ3v) is 9.16. The van der Waals surface area contributed by atoms with Gasteiger partial charge in [-0.05, 0) is 60.2 Å². The van der Waals surface area contributed by atoms with Crippen molar-refractivity contribution in [2.45, 2.75) is 30.1 Å². The number of benzene rings is 1. The van der Waals surface area contributed by atoms with Gasteiger partial charge in [0.05, 0.1) is 6.04 Å². The highest BCUT2D eigenvalue weighted by atomic mass is 35.5. The van der Waals surface area contributed by atoms with E-state index < -0.39 is 15.9 Å². The average Bonchev–Trinajstić information content (AvgIpc) is 3.27. The first-order valence-electron chi connectivity index (χ1n) is 9.88. The molecule has 0 spiro atoms. The number of fused-ring (bicyclic) bond motifs is 1. The Labute approximate surface area is 194 Å². The summed E-state index contributed by atoms with van der Waals surface area (Å²) >= 11 is 7.27. The van der Waals surface area contributed by atoms with Crippen molar-refractivity contribution in [2.75, 3.05) is 12.4 Å². The van der Waals surface area contributed by atoms with Crippen molar-refractivity contribution in [3.63, 3.8) is 0 Å². The summed E-state index contributed by atoms with van der Waals surface area (Å²) in [6.07, 6.45) is 2.06. The molecular weight excluding hydrogens is 470 g/mol. The van der Waals surface area contributed by atoms with Gasteiger partial charge in [0.1, 0.15) is 21.6 Å². The van der Waals surface area contributed by atoms with Crippen LogP contribution in [0.3, 0.4) is 0 Å². The molecule has 1 atom stereocenters. The van der Waals surface area contributed by atoms with E-state index in [4.69, 9.17) is 22.7 Å². The number of carbonyl (C=O) groups excluding carboxylic acids is 1. The van der Waals surface area contributed by atoms with Gasteiger partial charge in [-0.25, -0.2) is 8.42 Å². The van der Waals surface area contributed by atoms with Gasteiger partial charge < -0.3 is 10.6 Å². The van der Waals surface area contributed by atoms with Crippen molar-refractivity contribution in [1.29, 1.82) is 5.41 Å². The second-order valence-corrected chi connectivity index (χ2v) is 11.4. The number of likely N-dealkylation sites (tertiary alicyclic amines) is 1. The van der Waals surface area contributed by atoms with Crippen LogP contribution in [0.2, 0.25) is 5.02 Å². The Balaban J connectivity index is 1.43. The number of sulfone groups is 1. The zero-order chi connectivity index (χ0) is 23.0. The van der Waals surface area contributed by atoms with E-state index in [1.807, 2.05) is 6.07 Å². The van der Waals surface area contributed by atoms with Crippen LogP contribution in [0.1, 0.15) is 23.2 Å². The third-order valence-electron chi connectivity index (χ3n) is 5.43. The van der Waals surface area contributed by atoms with Crippen molar-refractivity contribution in [2.24, 2.45) is 5.73 Å². The number of nitrogen functional groups attached to an aromatic ring is 1. The molecular formula is C21H22ClN5O3S2. The molecule has 3 aromatic rings. The number of hydrogen-bond acceptors (Lipinski definition) is 7. The Kier molecular flexibility index (Phi) is 6.22. The van der Waals surface area contributed by atoms with Gasteiger partial charge in [0.2, 0.25) is 15.7 Å². The first-order valence-corrected chi connectivity index (χ1v) is 12.7. The minimum Gasteiger partial charge on any atom is -0.382 e. The number of amides is 1. The number of nitrogens with two attached hydrogens (primary N) is 1. The lowest BCUT2D eigenvalue weighted by Gasteiger charge is -2.17. The van der Waals surface area contributed by atoms with Crippen molar-refractivity contribution in [1.82, 2.24) is 15.2 Å². The van der Waals surface area contributed by atoms with Crippen LogP contribution >= 0.6 is 22.9 Å². The zero-order valence-corrected chi connectivity index (χ0v) is 19.6. The molecule has 1 fully saturated rings. The van der Waals surface area contributed by atoms with E-state index in [1.54, 1.807) is 42.3 Å². The fourth-order valence-electron chi connectivity index (χ4n) is 3.77. The van der Waals surface area contributed by atoms with Crippen LogP contribution in [-0.4, -0.2) is 48.5 Å². The average molecular weight is 492 g/mol. The molecule has 1 aliphatic rings. The van der Waals surface area contributed by atoms with Crippen molar-refractivity contribution >= 4 is 54.6 Å². The molecule has 8 nitrogen and oxygen atoms in total. The van der Waals surface area contributed by atoms with Crippen molar-refractivity contribution < 1.29 is 13.2 Å². The number of amidine groups is 1. The molecule has 11 heteroatoms. The summed E-state index contributed by atoms with van der Waals surface area (Å²) in [5, 5.41) is 11.8. The van der Waals surface area contributed by atoms with Gasteiger partial charge in [0.15, 0.2) is 0 Å². The molecule has 4 rings (SSSR count). The van der Waals surface area contributed by atoms with E-state index in [1.165, 1.54) is 11.3 Å². The summed E-state index contributed by atoms with van der Waals surface area (Å²) in [7, 11) is -3.62. The highest BCUT2D eigenvalue weighted by Gasteiger charge is 2.33. The van der Waals surface area contributed by atoms with Crippen LogP contribution in [0.4, 0.5) is 0 Å². The molecule has 0 saturated carbocycles. The number of hydrogen-bond donors (Lipinski definition) is 3. The lowest BCUT2D eigenvalue weighted by atomic mass is 10.2. The van der Waals surface area contributed by atoms with E-state index in [2.05, 4.69) is 10.3 Å². The predicted molar refractivity (Wildman–Crippen MR) is 126 cm³/mol. The highest BCUT2D eigenvalue weighted by molar-refractivity contribution is 7.93. The van der Waals surface area contributed by atoms with E-state index in [-0.39, 0.29) is 21.8 Å². The quantitative estimate of drug-likeness (QED) is 0.344. The Bertz CT molecular complexity index is 1320. The molecule has 0 aliphatic carbocycles. The Morgan fingerprint density at radius 1 is 1.38 bits per heavy atom. The number of thiophene rings is 1. The molecule has 168 valence electrons. The van der Waals surface area contributed by atoms with E-state index >= 15 is 0 Å². The number of aromatic nitrogens is 1. The molecule has 32 heavy (non-hydrogen) atoms. The number of nitrogens with one attached hydrogen (secondary N) is 2. The zero-order valence-electron chi connectivity index (χ0n) is 17.3.